The van der Waals surface area contributed by atoms with Crippen LogP contribution in [0.15, 0.2) is 6.08 Å². The zero-order valence-corrected chi connectivity index (χ0v) is 16.6. The van der Waals surface area contributed by atoms with E-state index in [4.69, 9.17) is 4.74 Å². The number of nitrogens with zero attached hydrogens (tertiary/aromatic N) is 3. The van der Waals surface area contributed by atoms with Gasteiger partial charge in [0.15, 0.2) is 0 Å². The zero-order chi connectivity index (χ0) is 19.5. The van der Waals surface area contributed by atoms with E-state index in [1.807, 2.05) is 0 Å². The predicted molar refractivity (Wildman–Crippen MR) is 98.5 cm³/mol. The third-order valence-electron chi connectivity index (χ3n) is 4.32. The van der Waals surface area contributed by atoms with Crippen molar-refractivity contribution in [2.75, 3.05) is 13.2 Å². The molecule has 0 saturated carbocycles. The molecule has 0 aromatic carbocycles. The molecule has 0 radical (unpaired) electrons. The summed E-state index contributed by atoms with van der Waals surface area (Å²) in [5.74, 6) is -0.448. The van der Waals surface area contributed by atoms with E-state index in [2.05, 4.69) is 35.3 Å². The number of esters is 1. The molecule has 10 heteroatoms. The Hall–Kier alpha value is -1.59. The number of rotatable bonds is 7. The number of ether oxygens (including phenoxy) is 1. The van der Waals surface area contributed by atoms with Gasteiger partial charge < -0.3 is 25.4 Å². The molecule has 4 atom stereocenters. The second-order valence-electron chi connectivity index (χ2n) is 7.38. The minimum Gasteiger partial charge on any atom is -0.463 e. The van der Waals surface area contributed by atoms with Crippen LogP contribution in [0, 0.1) is 0 Å². The fourth-order valence-electron chi connectivity index (χ4n) is 2.95. The van der Waals surface area contributed by atoms with E-state index in [1.165, 1.54) is 6.08 Å². The topological polar surface area (TPSA) is 130 Å². The lowest BCUT2D eigenvalue weighted by atomic mass is 10.1. The van der Waals surface area contributed by atoms with Crippen molar-refractivity contribution in [1.82, 2.24) is 20.3 Å². The maximum Gasteiger partial charge on any atom is 0.330 e. The molecular weight excluding hydrogens is 356 g/mol. The Morgan fingerprint density at radius 2 is 1.96 bits per heavy atom. The van der Waals surface area contributed by atoms with Crippen LogP contribution in [0.3, 0.4) is 0 Å². The minimum atomic E-state index is -1.82. The zero-order valence-electron chi connectivity index (χ0n) is 15.6. The lowest BCUT2D eigenvalue weighted by Gasteiger charge is -2.18. The van der Waals surface area contributed by atoms with Crippen LogP contribution >= 0.6 is 0 Å². The van der Waals surface area contributed by atoms with Crippen LogP contribution in [-0.4, -0.2) is 81.9 Å². The van der Waals surface area contributed by atoms with E-state index < -0.39 is 38.3 Å². The molecule has 1 aromatic heterocycles. The van der Waals surface area contributed by atoms with Gasteiger partial charge in [-0.3, -0.25) is 0 Å². The molecule has 0 amide bonds. The summed E-state index contributed by atoms with van der Waals surface area (Å²) in [5.41, 5.74) is 0.688. The predicted octanol–water partition coefficient (Wildman–Crippen LogP) is -1.55. The van der Waals surface area contributed by atoms with Crippen LogP contribution in [0.4, 0.5) is 0 Å². The van der Waals surface area contributed by atoms with Crippen LogP contribution < -0.4 is 10.6 Å². The summed E-state index contributed by atoms with van der Waals surface area (Å²) in [6, 6.07) is -1.08. The highest BCUT2D eigenvalue weighted by atomic mass is 28.3. The molecule has 2 rings (SSSR count). The van der Waals surface area contributed by atoms with Gasteiger partial charge in [-0.05, 0) is 13.0 Å². The number of carbonyl (C=O) groups is 1. The summed E-state index contributed by atoms with van der Waals surface area (Å²) in [4.78, 5) is 11.7. The number of hydrogen-bond acceptors (Lipinski definition) is 8. The fourth-order valence-corrected chi connectivity index (χ4v) is 4.27. The van der Waals surface area contributed by atoms with E-state index in [9.17, 15) is 20.1 Å². The van der Waals surface area contributed by atoms with Crippen molar-refractivity contribution < 1.29 is 24.9 Å². The molecule has 2 heterocycles. The standard InChI is InChI=1S/C16H28N4O5Si/c1-5-25-13(22)7-6-12-16(26(2,3)4)18-19-20(12)8-10-14(23)15(24)11(9-21)17-10/h6-7,10-11,14-15,17,21,23-24H,5,8-9H2,1-4H3/b7-6+/t10-,11-,14-,15-/m1/s1. The number of aliphatic hydroxyl groups excluding tert-OH is 3. The number of hydrogen-bond donors (Lipinski definition) is 4. The Balaban J connectivity index is 2.28. The van der Waals surface area contributed by atoms with Crippen LogP contribution in [0.5, 0.6) is 0 Å². The van der Waals surface area contributed by atoms with Crippen molar-refractivity contribution in [1.29, 1.82) is 0 Å². The van der Waals surface area contributed by atoms with Gasteiger partial charge in [0.05, 0.1) is 55.1 Å². The summed E-state index contributed by atoms with van der Waals surface area (Å²) in [5, 5.41) is 41.7. The van der Waals surface area contributed by atoms with Crippen molar-refractivity contribution in [2.24, 2.45) is 0 Å². The van der Waals surface area contributed by atoms with Crippen LogP contribution in [0.1, 0.15) is 12.6 Å². The van der Waals surface area contributed by atoms with Gasteiger partial charge in [-0.1, -0.05) is 24.9 Å². The molecule has 1 aromatic rings. The molecule has 1 fully saturated rings. The fraction of sp³-hybridized carbons (Fsp3) is 0.688. The molecule has 146 valence electrons. The molecule has 0 spiro atoms. The average Bonchev–Trinajstić information content (AvgIpc) is 3.09. The molecule has 0 aliphatic carbocycles. The van der Waals surface area contributed by atoms with Gasteiger partial charge in [0.1, 0.15) is 8.07 Å². The number of aliphatic hydroxyl groups is 3. The highest BCUT2D eigenvalue weighted by Gasteiger charge is 2.41. The van der Waals surface area contributed by atoms with Crippen molar-refractivity contribution >= 4 is 25.4 Å². The summed E-state index contributed by atoms with van der Waals surface area (Å²) >= 11 is 0. The average molecular weight is 385 g/mol. The Morgan fingerprint density at radius 3 is 2.50 bits per heavy atom. The van der Waals surface area contributed by atoms with E-state index in [-0.39, 0.29) is 13.2 Å². The third kappa shape index (κ3) is 4.57. The monoisotopic (exact) mass is 384 g/mol. The quantitative estimate of drug-likeness (QED) is 0.253. The van der Waals surface area contributed by atoms with Crippen molar-refractivity contribution in [3.05, 3.63) is 11.8 Å². The third-order valence-corrected chi connectivity index (χ3v) is 6.09. The van der Waals surface area contributed by atoms with E-state index in [0.717, 1.165) is 5.32 Å². The molecule has 1 aliphatic rings. The number of carbonyl (C=O) groups excluding carboxylic acids is 1. The van der Waals surface area contributed by atoms with E-state index in [0.29, 0.717) is 12.3 Å². The molecule has 0 unspecified atom stereocenters. The second-order valence-corrected chi connectivity index (χ2v) is 12.4. The smallest absolute Gasteiger partial charge is 0.330 e. The maximum absolute atomic E-state index is 11.7. The van der Waals surface area contributed by atoms with Gasteiger partial charge in [-0.2, -0.15) is 0 Å². The van der Waals surface area contributed by atoms with Crippen LogP contribution in [0.2, 0.25) is 19.6 Å². The molecule has 26 heavy (non-hydrogen) atoms. The van der Waals surface area contributed by atoms with Crippen molar-refractivity contribution in [3.63, 3.8) is 0 Å². The molecular formula is C16H28N4O5Si. The van der Waals surface area contributed by atoms with Gasteiger partial charge in [-0.25, -0.2) is 9.48 Å². The number of nitrogens with one attached hydrogen (secondary N) is 1. The second kappa shape index (κ2) is 8.40. The Kier molecular flexibility index (Phi) is 6.69. The van der Waals surface area contributed by atoms with Gasteiger partial charge in [0.2, 0.25) is 0 Å². The first-order valence-corrected chi connectivity index (χ1v) is 12.2. The summed E-state index contributed by atoms with van der Waals surface area (Å²) in [7, 11) is -1.82. The molecule has 4 N–H and O–H groups in total. The molecule has 1 aliphatic heterocycles. The Labute approximate surface area is 153 Å². The first-order valence-electron chi connectivity index (χ1n) is 8.70. The van der Waals surface area contributed by atoms with Gasteiger partial charge >= 0.3 is 5.97 Å². The molecule has 0 bridgehead atoms. The molecule has 1 saturated heterocycles. The first kappa shape index (κ1) is 20.7. The van der Waals surface area contributed by atoms with Crippen LogP contribution in [0.25, 0.3) is 6.08 Å². The van der Waals surface area contributed by atoms with Gasteiger partial charge in [0, 0.05) is 6.08 Å². The minimum absolute atomic E-state index is 0.245. The highest BCUT2D eigenvalue weighted by molar-refractivity contribution is 6.88. The van der Waals surface area contributed by atoms with Gasteiger partial charge in [0.25, 0.3) is 0 Å². The Morgan fingerprint density at radius 1 is 1.31 bits per heavy atom. The summed E-state index contributed by atoms with van der Waals surface area (Å²) < 4.78 is 6.53. The summed E-state index contributed by atoms with van der Waals surface area (Å²) in [6.45, 7) is 8.36. The lowest BCUT2D eigenvalue weighted by molar-refractivity contribution is -0.137. The molecule has 9 nitrogen and oxygen atoms in total. The summed E-state index contributed by atoms with van der Waals surface area (Å²) in [6.07, 6.45) is 0.885. The van der Waals surface area contributed by atoms with E-state index >= 15 is 0 Å². The first-order chi connectivity index (χ1) is 12.2. The van der Waals surface area contributed by atoms with Gasteiger partial charge in [-0.15, -0.1) is 5.10 Å². The van der Waals surface area contributed by atoms with Crippen LogP contribution in [-0.2, 0) is 16.1 Å². The lowest BCUT2D eigenvalue weighted by Crippen LogP contribution is -2.42. The normalized spacial score (nSPS) is 26.6. The SMILES string of the molecule is CCOC(=O)/C=C/c1c([Si](C)(C)C)nnn1C[C@H]1N[C@H](CO)[C@@H](O)[C@@H]1O. The largest absolute Gasteiger partial charge is 0.463 e. The van der Waals surface area contributed by atoms with Crippen molar-refractivity contribution in [2.45, 2.75) is 57.4 Å². The van der Waals surface area contributed by atoms with Crippen molar-refractivity contribution in [3.8, 4) is 0 Å². The van der Waals surface area contributed by atoms with E-state index in [1.54, 1.807) is 17.7 Å². The Bertz CT molecular complexity index is 658. The maximum atomic E-state index is 11.7. The highest BCUT2D eigenvalue weighted by Crippen LogP contribution is 2.17. The number of aromatic nitrogens is 3.